The average molecular weight is 226 g/mol. The summed E-state index contributed by atoms with van der Waals surface area (Å²) in [6.45, 7) is 2.00. The van der Waals surface area contributed by atoms with E-state index >= 15 is 0 Å². The highest BCUT2D eigenvalue weighted by Crippen LogP contribution is 2.22. The van der Waals surface area contributed by atoms with E-state index in [-0.39, 0.29) is 5.82 Å². The van der Waals surface area contributed by atoms with Gasteiger partial charge in [0.15, 0.2) is 0 Å². The van der Waals surface area contributed by atoms with Gasteiger partial charge in [-0.25, -0.2) is 4.39 Å². The Morgan fingerprint density at radius 3 is 2.73 bits per heavy atom. The minimum atomic E-state index is -0.236. The molecule has 15 heavy (non-hydrogen) atoms. The predicted octanol–water partition coefficient (Wildman–Crippen LogP) is 3.25. The van der Waals surface area contributed by atoms with Gasteiger partial charge in [-0.15, -0.1) is 0 Å². The van der Waals surface area contributed by atoms with Crippen molar-refractivity contribution in [1.82, 2.24) is 5.32 Å². The first-order valence-electron chi connectivity index (χ1n) is 5.11. The average Bonchev–Trinajstić information content (AvgIpc) is 2.25. The topological polar surface area (TPSA) is 12.0 Å². The van der Waals surface area contributed by atoms with Gasteiger partial charge in [0.25, 0.3) is 0 Å². The zero-order chi connectivity index (χ0) is 10.7. The van der Waals surface area contributed by atoms with E-state index in [2.05, 4.69) is 5.32 Å². The molecule has 80 valence electrons. The molecule has 1 N–H and O–H groups in total. The summed E-state index contributed by atoms with van der Waals surface area (Å²) in [5.41, 5.74) is 2.12. The van der Waals surface area contributed by atoms with E-state index in [9.17, 15) is 4.39 Å². The summed E-state index contributed by atoms with van der Waals surface area (Å²) in [6.07, 6.45) is 4.05. The molecule has 0 saturated carbocycles. The summed E-state index contributed by atoms with van der Waals surface area (Å²) in [7, 11) is 0. The maximum atomic E-state index is 13.0. The number of hydrogen-bond acceptors (Lipinski definition) is 1. The Kier molecular flexibility index (Phi) is 3.39. The first-order chi connectivity index (χ1) is 7.25. The van der Waals surface area contributed by atoms with E-state index in [0.29, 0.717) is 5.02 Å². The fraction of sp³-hybridized carbons (Fsp3) is 0.333. The highest BCUT2D eigenvalue weighted by molar-refractivity contribution is 6.32. The maximum Gasteiger partial charge on any atom is 0.123 e. The lowest BCUT2D eigenvalue weighted by atomic mass is 10.0. The van der Waals surface area contributed by atoms with Gasteiger partial charge in [-0.3, -0.25) is 0 Å². The van der Waals surface area contributed by atoms with Crippen molar-refractivity contribution in [3.05, 3.63) is 40.2 Å². The molecule has 1 aliphatic rings. The number of benzene rings is 1. The minimum absolute atomic E-state index is 0.236. The van der Waals surface area contributed by atoms with E-state index in [0.717, 1.165) is 31.5 Å². The van der Waals surface area contributed by atoms with Crippen LogP contribution in [-0.4, -0.2) is 13.1 Å². The SMILES string of the molecule is Fc1ccc(Cl)c(C=C2CCNCC2)c1. The molecule has 1 heterocycles. The van der Waals surface area contributed by atoms with Crippen molar-refractivity contribution in [2.75, 3.05) is 13.1 Å². The standard InChI is InChI=1S/C12H13ClFN/c13-12-2-1-11(14)8-10(12)7-9-3-5-15-6-4-9/h1-2,7-8,15H,3-6H2. The smallest absolute Gasteiger partial charge is 0.123 e. The third-order valence-corrected chi connectivity index (χ3v) is 2.91. The Morgan fingerprint density at radius 1 is 1.27 bits per heavy atom. The second-order valence-electron chi connectivity index (χ2n) is 3.72. The van der Waals surface area contributed by atoms with Crippen LogP contribution in [0.25, 0.3) is 6.08 Å². The summed E-state index contributed by atoms with van der Waals surface area (Å²) >= 11 is 5.99. The molecule has 2 rings (SSSR count). The molecule has 1 nitrogen and oxygen atoms in total. The first kappa shape index (κ1) is 10.7. The number of piperidine rings is 1. The van der Waals surface area contributed by atoms with Gasteiger partial charge >= 0.3 is 0 Å². The molecule has 1 fully saturated rings. The molecule has 1 aliphatic heterocycles. The van der Waals surface area contributed by atoms with Gasteiger partial charge in [0.05, 0.1) is 0 Å². The second kappa shape index (κ2) is 4.77. The number of hydrogen-bond donors (Lipinski definition) is 1. The second-order valence-corrected chi connectivity index (χ2v) is 4.13. The molecule has 0 aliphatic carbocycles. The fourth-order valence-corrected chi connectivity index (χ4v) is 1.91. The highest BCUT2D eigenvalue weighted by Gasteiger charge is 2.06. The lowest BCUT2D eigenvalue weighted by Crippen LogP contribution is -2.22. The molecule has 1 saturated heterocycles. The summed E-state index contributed by atoms with van der Waals surface area (Å²) in [5, 5.41) is 3.89. The molecule has 1 aromatic rings. The monoisotopic (exact) mass is 225 g/mol. The largest absolute Gasteiger partial charge is 0.316 e. The van der Waals surface area contributed by atoms with Crippen LogP contribution in [-0.2, 0) is 0 Å². The van der Waals surface area contributed by atoms with Gasteiger partial charge in [0.1, 0.15) is 5.82 Å². The van der Waals surface area contributed by atoms with Crippen LogP contribution >= 0.6 is 11.6 Å². The summed E-state index contributed by atoms with van der Waals surface area (Å²) < 4.78 is 13.0. The molecule has 0 amide bonds. The molecule has 0 aromatic heterocycles. The van der Waals surface area contributed by atoms with Crippen molar-refractivity contribution in [2.45, 2.75) is 12.8 Å². The van der Waals surface area contributed by atoms with E-state index < -0.39 is 0 Å². The Morgan fingerprint density at radius 2 is 2.00 bits per heavy atom. The number of rotatable bonds is 1. The lowest BCUT2D eigenvalue weighted by Gasteiger charge is -2.15. The van der Waals surface area contributed by atoms with Crippen LogP contribution < -0.4 is 5.32 Å². The van der Waals surface area contributed by atoms with Crippen LogP contribution in [0.2, 0.25) is 5.02 Å². The minimum Gasteiger partial charge on any atom is -0.316 e. The zero-order valence-electron chi connectivity index (χ0n) is 8.39. The third-order valence-electron chi connectivity index (χ3n) is 2.56. The maximum absolute atomic E-state index is 13.0. The molecular weight excluding hydrogens is 213 g/mol. The Balaban J connectivity index is 2.25. The van der Waals surface area contributed by atoms with E-state index in [1.54, 1.807) is 6.07 Å². The fourth-order valence-electron chi connectivity index (χ4n) is 1.74. The van der Waals surface area contributed by atoms with Crippen molar-refractivity contribution >= 4 is 17.7 Å². The van der Waals surface area contributed by atoms with Gasteiger partial charge in [-0.1, -0.05) is 23.3 Å². The van der Waals surface area contributed by atoms with E-state index in [4.69, 9.17) is 11.6 Å². The molecular formula is C12H13ClFN. The van der Waals surface area contributed by atoms with Crippen molar-refractivity contribution in [1.29, 1.82) is 0 Å². The lowest BCUT2D eigenvalue weighted by molar-refractivity contribution is 0.613. The van der Waals surface area contributed by atoms with Gasteiger partial charge in [-0.2, -0.15) is 0 Å². The normalized spacial score (nSPS) is 16.5. The Labute approximate surface area is 93.9 Å². The molecule has 0 radical (unpaired) electrons. The zero-order valence-corrected chi connectivity index (χ0v) is 9.15. The van der Waals surface area contributed by atoms with Gasteiger partial charge in [-0.05, 0) is 49.7 Å². The summed E-state index contributed by atoms with van der Waals surface area (Å²) in [4.78, 5) is 0. The van der Waals surface area contributed by atoms with Crippen molar-refractivity contribution in [3.63, 3.8) is 0 Å². The molecule has 0 spiro atoms. The van der Waals surface area contributed by atoms with Gasteiger partial charge in [0, 0.05) is 5.02 Å². The molecule has 0 unspecified atom stereocenters. The third kappa shape index (κ3) is 2.80. The van der Waals surface area contributed by atoms with Gasteiger partial charge < -0.3 is 5.32 Å². The molecule has 0 bridgehead atoms. The molecule has 1 aromatic carbocycles. The van der Waals surface area contributed by atoms with E-state index in [1.807, 2.05) is 6.08 Å². The Bertz CT molecular complexity index is 379. The van der Waals surface area contributed by atoms with E-state index in [1.165, 1.54) is 17.7 Å². The summed E-state index contributed by atoms with van der Waals surface area (Å²) in [6, 6.07) is 4.47. The number of halogens is 2. The van der Waals surface area contributed by atoms with Crippen LogP contribution in [0.5, 0.6) is 0 Å². The molecule has 3 heteroatoms. The predicted molar refractivity (Wildman–Crippen MR) is 61.5 cm³/mol. The molecule has 0 atom stereocenters. The summed E-state index contributed by atoms with van der Waals surface area (Å²) in [5.74, 6) is -0.236. The van der Waals surface area contributed by atoms with Crippen LogP contribution in [0.4, 0.5) is 4.39 Å². The van der Waals surface area contributed by atoms with Gasteiger partial charge in [0.2, 0.25) is 0 Å². The van der Waals surface area contributed by atoms with Crippen LogP contribution in [0.15, 0.2) is 23.8 Å². The van der Waals surface area contributed by atoms with Crippen molar-refractivity contribution < 1.29 is 4.39 Å². The number of nitrogens with one attached hydrogen (secondary N) is 1. The quantitative estimate of drug-likeness (QED) is 0.774. The van der Waals surface area contributed by atoms with Crippen LogP contribution in [0.1, 0.15) is 18.4 Å². The van der Waals surface area contributed by atoms with Crippen molar-refractivity contribution in [2.24, 2.45) is 0 Å². The van der Waals surface area contributed by atoms with Crippen LogP contribution in [0, 0.1) is 5.82 Å². The highest BCUT2D eigenvalue weighted by atomic mass is 35.5. The van der Waals surface area contributed by atoms with Crippen molar-refractivity contribution in [3.8, 4) is 0 Å². The van der Waals surface area contributed by atoms with Crippen LogP contribution in [0.3, 0.4) is 0 Å². The Hall–Kier alpha value is -0.860. The first-order valence-corrected chi connectivity index (χ1v) is 5.49.